The normalized spacial score (nSPS) is 24.9. The van der Waals surface area contributed by atoms with E-state index < -0.39 is 17.8 Å². The van der Waals surface area contributed by atoms with Gasteiger partial charge in [-0.25, -0.2) is 9.18 Å². The number of rotatable bonds is 7. The Balaban J connectivity index is 1.28. The number of nitrogens with zero attached hydrogens (tertiary/aromatic N) is 3. The molecule has 4 N–H and O–H groups in total. The molecule has 10 heteroatoms. The summed E-state index contributed by atoms with van der Waals surface area (Å²) < 4.78 is 13.4. The van der Waals surface area contributed by atoms with E-state index >= 15 is 0 Å². The minimum atomic E-state index is -0.915. The van der Waals surface area contributed by atoms with Gasteiger partial charge in [-0.1, -0.05) is 24.3 Å². The van der Waals surface area contributed by atoms with Crippen LogP contribution in [0, 0.1) is 5.92 Å². The average Bonchev–Trinajstić information content (AvgIpc) is 3.43. The number of hydrogen-bond acceptors (Lipinski definition) is 6. The predicted molar refractivity (Wildman–Crippen MR) is 146 cm³/mol. The van der Waals surface area contributed by atoms with Crippen molar-refractivity contribution in [3.8, 4) is 22.4 Å². The lowest BCUT2D eigenvalue weighted by molar-refractivity contribution is -0.117. The predicted octanol–water partition coefficient (Wildman–Crippen LogP) is 5.66. The molecule has 0 saturated heterocycles. The molecule has 2 aliphatic carbocycles. The number of hydrogen-bond donors (Lipinski definition) is 3. The smallest absolute Gasteiger partial charge is 0.407 e. The average molecular weight is 538 g/mol. The van der Waals surface area contributed by atoms with E-state index in [1.807, 2.05) is 47.2 Å². The Kier molecular flexibility index (Phi) is 7.45. The molecule has 0 spiro atoms. The van der Waals surface area contributed by atoms with Crippen LogP contribution in [0.1, 0.15) is 50.5 Å². The second kappa shape index (κ2) is 10.8. The lowest BCUT2D eigenvalue weighted by atomic mass is 9.71. The quantitative estimate of drug-likeness (QED) is 0.358. The number of thiophene rings is 1. The van der Waals surface area contributed by atoms with Gasteiger partial charge >= 0.3 is 6.09 Å². The highest BCUT2D eigenvalue weighted by atomic mass is 32.1. The highest BCUT2D eigenvalue weighted by Crippen LogP contribution is 2.42. The van der Waals surface area contributed by atoms with Gasteiger partial charge in [-0.15, -0.1) is 10.2 Å². The molecule has 2 amide bonds. The first kappa shape index (κ1) is 26.2. The minimum absolute atomic E-state index is 0.0113. The number of amides is 2. The molecule has 1 aromatic carbocycles. The molecule has 2 aliphatic rings. The molecule has 2 aromatic heterocycles. The van der Waals surface area contributed by atoms with Crippen LogP contribution >= 0.6 is 11.3 Å². The van der Waals surface area contributed by atoms with Crippen molar-refractivity contribution in [3.05, 3.63) is 52.7 Å². The Morgan fingerprint density at radius 1 is 1.13 bits per heavy atom. The zero-order chi connectivity index (χ0) is 26.9. The Bertz CT molecular complexity index is 1290. The fourth-order valence-electron chi connectivity index (χ4n) is 5.58. The summed E-state index contributed by atoms with van der Waals surface area (Å²) in [5.74, 6) is 0.479. The molecule has 0 atom stereocenters. The van der Waals surface area contributed by atoms with Crippen LogP contribution in [0.25, 0.3) is 22.4 Å². The molecule has 2 heterocycles. The summed E-state index contributed by atoms with van der Waals surface area (Å²) in [7, 11) is 1.60. The third-order valence-electron chi connectivity index (χ3n) is 7.94. The lowest BCUT2D eigenvalue weighted by Crippen LogP contribution is -2.50. The number of alkyl halides is 1. The van der Waals surface area contributed by atoms with E-state index in [0.29, 0.717) is 30.8 Å². The van der Waals surface area contributed by atoms with Crippen LogP contribution in [0.15, 0.2) is 47.2 Å². The molecule has 38 heavy (non-hydrogen) atoms. The van der Waals surface area contributed by atoms with Crippen LogP contribution < -0.4 is 11.1 Å². The molecule has 2 saturated carbocycles. The number of carbonyl (C=O) groups excluding carboxylic acids is 1. The zero-order valence-corrected chi connectivity index (χ0v) is 22.1. The van der Waals surface area contributed by atoms with E-state index in [2.05, 4.69) is 15.5 Å². The first-order chi connectivity index (χ1) is 18.2. The second-order valence-corrected chi connectivity index (χ2v) is 11.3. The molecule has 200 valence electrons. The molecular weight excluding hydrogens is 505 g/mol. The van der Waals surface area contributed by atoms with Gasteiger partial charge in [-0.2, -0.15) is 11.3 Å². The van der Waals surface area contributed by atoms with Crippen LogP contribution in [0.3, 0.4) is 0 Å². The number of carbonyl (C=O) groups is 2. The highest BCUT2D eigenvalue weighted by molar-refractivity contribution is 7.08. The van der Waals surface area contributed by atoms with Gasteiger partial charge in [0.1, 0.15) is 11.9 Å². The second-order valence-electron chi connectivity index (χ2n) is 10.6. The Hall–Kier alpha value is -3.37. The van der Waals surface area contributed by atoms with Gasteiger partial charge in [0, 0.05) is 49.0 Å². The molecule has 8 nitrogen and oxygen atoms in total. The summed E-state index contributed by atoms with van der Waals surface area (Å²) in [6.45, 7) is 0. The SMILES string of the molecule is CN(C(=O)O)[C@H]1CC[C@H](CC(=O)Nc2cc(-c3ccsc3)c(-c3ccc([C@]4(N)C[C@H](F)C4)cc3)nn2)CC1. The van der Waals surface area contributed by atoms with Gasteiger partial charge < -0.3 is 21.1 Å². The van der Waals surface area contributed by atoms with Crippen molar-refractivity contribution >= 4 is 29.2 Å². The number of halogens is 1. The third-order valence-corrected chi connectivity index (χ3v) is 8.62. The summed E-state index contributed by atoms with van der Waals surface area (Å²) in [6.07, 6.45) is 2.42. The maximum Gasteiger partial charge on any atom is 0.407 e. The molecule has 0 bridgehead atoms. The molecule has 0 unspecified atom stereocenters. The number of benzene rings is 1. The van der Waals surface area contributed by atoms with E-state index in [1.165, 1.54) is 4.90 Å². The topological polar surface area (TPSA) is 121 Å². The molecule has 0 radical (unpaired) electrons. The fraction of sp³-hybridized carbons (Fsp3) is 0.429. The number of nitrogens with one attached hydrogen (secondary N) is 1. The Morgan fingerprint density at radius 3 is 2.45 bits per heavy atom. The van der Waals surface area contributed by atoms with Gasteiger partial charge in [-0.05, 0) is 65.6 Å². The third kappa shape index (κ3) is 5.56. The van der Waals surface area contributed by atoms with E-state index in [9.17, 15) is 19.1 Å². The van der Waals surface area contributed by atoms with Crippen molar-refractivity contribution in [2.45, 2.75) is 62.7 Å². The largest absolute Gasteiger partial charge is 0.465 e. The van der Waals surface area contributed by atoms with E-state index in [-0.39, 0.29) is 17.9 Å². The first-order valence-electron chi connectivity index (χ1n) is 12.9. The maximum atomic E-state index is 13.4. The van der Waals surface area contributed by atoms with Crippen molar-refractivity contribution in [1.29, 1.82) is 0 Å². The van der Waals surface area contributed by atoms with E-state index in [1.54, 1.807) is 18.4 Å². The van der Waals surface area contributed by atoms with Crippen molar-refractivity contribution in [2.24, 2.45) is 11.7 Å². The van der Waals surface area contributed by atoms with Crippen LogP contribution in [0.5, 0.6) is 0 Å². The zero-order valence-electron chi connectivity index (χ0n) is 21.3. The van der Waals surface area contributed by atoms with Crippen molar-refractivity contribution in [1.82, 2.24) is 15.1 Å². The number of aromatic nitrogens is 2. The lowest BCUT2D eigenvalue weighted by Gasteiger charge is -2.41. The highest BCUT2D eigenvalue weighted by Gasteiger charge is 2.42. The standard InChI is InChI=1S/C28H32FN5O3S/c1-34(27(36)37)22-8-2-17(3-9-22)12-25(35)31-24-13-23(19-10-11-38-16-19)26(33-32-24)18-4-6-20(7-5-18)28(30)14-21(29)15-28/h4-7,10-11,13,16-17,21-22H,2-3,8-9,12,14-15,30H2,1H3,(H,36,37)(H,31,32,35)/t17-,21-,22-,28-. The first-order valence-corrected chi connectivity index (χ1v) is 13.9. The van der Waals surface area contributed by atoms with Crippen LogP contribution in [0.4, 0.5) is 15.0 Å². The van der Waals surface area contributed by atoms with E-state index in [0.717, 1.165) is 47.9 Å². The number of anilines is 1. The molecule has 5 rings (SSSR count). The van der Waals surface area contributed by atoms with Crippen LogP contribution in [0.2, 0.25) is 0 Å². The van der Waals surface area contributed by atoms with Crippen LogP contribution in [-0.4, -0.2) is 51.5 Å². The number of nitrogens with two attached hydrogens (primary N) is 1. The monoisotopic (exact) mass is 537 g/mol. The fourth-order valence-corrected chi connectivity index (χ4v) is 6.23. The summed E-state index contributed by atoms with van der Waals surface area (Å²) in [4.78, 5) is 25.4. The van der Waals surface area contributed by atoms with E-state index in [4.69, 9.17) is 5.73 Å². The molecular formula is C28H32FN5O3S. The molecule has 3 aromatic rings. The summed E-state index contributed by atoms with van der Waals surface area (Å²) in [5, 5.41) is 24.9. The van der Waals surface area contributed by atoms with Crippen molar-refractivity contribution in [3.63, 3.8) is 0 Å². The summed E-state index contributed by atoms with van der Waals surface area (Å²) >= 11 is 1.57. The van der Waals surface area contributed by atoms with Crippen LogP contribution in [-0.2, 0) is 10.3 Å². The molecule has 0 aliphatic heterocycles. The van der Waals surface area contributed by atoms with Gasteiger partial charge in [0.2, 0.25) is 5.91 Å². The summed E-state index contributed by atoms with van der Waals surface area (Å²) in [5.41, 5.74) is 10.0. The van der Waals surface area contributed by atoms with Crippen molar-refractivity contribution < 1.29 is 19.1 Å². The summed E-state index contributed by atoms with van der Waals surface area (Å²) in [6, 6.07) is 11.6. The Labute approximate surface area is 225 Å². The van der Waals surface area contributed by atoms with Gasteiger partial charge in [-0.3, -0.25) is 4.79 Å². The van der Waals surface area contributed by atoms with Gasteiger partial charge in [0.05, 0.1) is 0 Å². The van der Waals surface area contributed by atoms with Gasteiger partial charge in [0.25, 0.3) is 0 Å². The molecule has 2 fully saturated rings. The minimum Gasteiger partial charge on any atom is -0.465 e. The van der Waals surface area contributed by atoms with Gasteiger partial charge in [0.15, 0.2) is 5.82 Å². The maximum absolute atomic E-state index is 13.4. The number of carboxylic acid groups (broad SMARTS) is 1. The van der Waals surface area contributed by atoms with Crippen molar-refractivity contribution in [2.75, 3.05) is 12.4 Å². The Morgan fingerprint density at radius 2 is 1.84 bits per heavy atom.